The molecule has 2 aromatic carbocycles. The number of thioether (sulfide) groups is 1. The van der Waals surface area contributed by atoms with E-state index in [4.69, 9.17) is 5.73 Å². The Bertz CT molecular complexity index is 1270. The van der Waals surface area contributed by atoms with Crippen molar-refractivity contribution in [3.63, 3.8) is 0 Å². The van der Waals surface area contributed by atoms with Crippen LogP contribution in [0.3, 0.4) is 0 Å². The van der Waals surface area contributed by atoms with Gasteiger partial charge in [0.05, 0.1) is 11.9 Å². The lowest BCUT2D eigenvalue weighted by Gasteiger charge is -2.06. The predicted octanol–water partition coefficient (Wildman–Crippen LogP) is 2.74. The summed E-state index contributed by atoms with van der Waals surface area (Å²) in [5, 5.41) is 19.1. The molecule has 10 nitrogen and oxygen atoms in total. The minimum absolute atomic E-state index is 0.00701. The Hall–Kier alpha value is -4.06. The van der Waals surface area contributed by atoms with Gasteiger partial charge in [-0.3, -0.25) is 4.79 Å². The third-order valence-corrected chi connectivity index (χ3v) is 5.32. The van der Waals surface area contributed by atoms with Gasteiger partial charge in [-0.05, 0) is 47.1 Å². The first-order chi connectivity index (χ1) is 15.5. The van der Waals surface area contributed by atoms with Gasteiger partial charge in [-0.1, -0.05) is 35.0 Å². The summed E-state index contributed by atoms with van der Waals surface area (Å²) in [7, 11) is 0. The van der Waals surface area contributed by atoms with E-state index in [-0.39, 0.29) is 17.3 Å². The molecule has 0 saturated heterocycles. The first kappa shape index (κ1) is 21.2. The van der Waals surface area contributed by atoms with Crippen LogP contribution in [0.4, 0.5) is 10.2 Å². The minimum Gasteiger partial charge on any atom is -0.378 e. The standard InChI is InChI=1S/C20H17FN8O2S/c1-12-5-7-15(8-6-12)32-11-16-17(24-28-29(16)19-18(22)26-31-27-19)20(30)25-23-10-13-3-2-4-14(21)9-13/h2-10H,11H2,1H3,(H2,22,26)(H,25,30)/b23-10+. The molecule has 0 bridgehead atoms. The van der Waals surface area contributed by atoms with Crippen LogP contribution in [-0.2, 0) is 5.75 Å². The lowest BCUT2D eigenvalue weighted by Crippen LogP contribution is -2.20. The lowest BCUT2D eigenvalue weighted by molar-refractivity contribution is 0.0949. The second-order valence-electron chi connectivity index (χ2n) is 6.63. The number of nitrogens with two attached hydrogens (primary N) is 1. The first-order valence-electron chi connectivity index (χ1n) is 9.32. The van der Waals surface area contributed by atoms with Gasteiger partial charge < -0.3 is 5.73 Å². The molecule has 4 rings (SSSR count). The van der Waals surface area contributed by atoms with Crippen molar-refractivity contribution in [3.05, 3.63) is 76.9 Å². The molecule has 0 aliphatic rings. The van der Waals surface area contributed by atoms with Gasteiger partial charge in [0.15, 0.2) is 5.69 Å². The van der Waals surface area contributed by atoms with Crippen molar-refractivity contribution < 1.29 is 13.8 Å². The number of carbonyl (C=O) groups excluding carboxylic acids is 1. The molecule has 0 radical (unpaired) electrons. The van der Waals surface area contributed by atoms with Crippen molar-refractivity contribution >= 4 is 29.7 Å². The molecule has 4 aromatic rings. The Morgan fingerprint density at radius 2 is 2.09 bits per heavy atom. The van der Waals surface area contributed by atoms with E-state index in [9.17, 15) is 9.18 Å². The smallest absolute Gasteiger partial charge is 0.293 e. The average molecular weight is 452 g/mol. The van der Waals surface area contributed by atoms with Crippen molar-refractivity contribution in [3.8, 4) is 5.82 Å². The van der Waals surface area contributed by atoms with Crippen LogP contribution in [0.1, 0.15) is 27.3 Å². The van der Waals surface area contributed by atoms with E-state index < -0.39 is 11.7 Å². The van der Waals surface area contributed by atoms with Gasteiger partial charge in [0, 0.05) is 10.6 Å². The average Bonchev–Trinajstić information content (AvgIpc) is 3.39. The number of aryl methyl sites for hydroxylation is 1. The number of hydrazone groups is 1. The molecule has 0 aliphatic carbocycles. The fourth-order valence-corrected chi connectivity index (χ4v) is 3.60. The Kier molecular flexibility index (Phi) is 6.22. The maximum absolute atomic E-state index is 13.3. The molecule has 32 heavy (non-hydrogen) atoms. The SMILES string of the molecule is Cc1ccc(SCc2c(C(=O)N/N=C/c3cccc(F)c3)nnn2-c2nonc2N)cc1. The number of nitrogens with zero attached hydrogens (tertiary/aromatic N) is 6. The van der Waals surface area contributed by atoms with E-state index in [1.807, 2.05) is 31.2 Å². The van der Waals surface area contributed by atoms with Crippen LogP contribution in [0.15, 0.2) is 63.2 Å². The summed E-state index contributed by atoms with van der Waals surface area (Å²) >= 11 is 1.48. The number of nitrogens with one attached hydrogen (secondary N) is 1. The summed E-state index contributed by atoms with van der Waals surface area (Å²) in [5.41, 5.74) is 10.3. The van der Waals surface area contributed by atoms with E-state index in [0.29, 0.717) is 17.0 Å². The summed E-state index contributed by atoms with van der Waals surface area (Å²) in [6.45, 7) is 2.00. The third kappa shape index (κ3) is 4.81. The maximum Gasteiger partial charge on any atom is 0.293 e. The summed E-state index contributed by atoms with van der Waals surface area (Å²) in [6.07, 6.45) is 1.33. The Morgan fingerprint density at radius 1 is 1.28 bits per heavy atom. The van der Waals surface area contributed by atoms with E-state index in [1.165, 1.54) is 34.8 Å². The molecule has 0 unspecified atom stereocenters. The summed E-state index contributed by atoms with van der Waals surface area (Å²) in [4.78, 5) is 13.7. The molecule has 2 heterocycles. The Morgan fingerprint density at radius 3 is 2.81 bits per heavy atom. The van der Waals surface area contributed by atoms with E-state index >= 15 is 0 Å². The molecule has 1 amide bonds. The van der Waals surface area contributed by atoms with Gasteiger partial charge in [0.25, 0.3) is 5.91 Å². The van der Waals surface area contributed by atoms with Crippen LogP contribution < -0.4 is 11.2 Å². The zero-order chi connectivity index (χ0) is 22.5. The van der Waals surface area contributed by atoms with Crippen molar-refractivity contribution in [1.82, 2.24) is 30.7 Å². The number of nitrogen functional groups attached to an aromatic ring is 1. The third-order valence-electron chi connectivity index (χ3n) is 4.30. The second-order valence-corrected chi connectivity index (χ2v) is 7.67. The molecule has 3 N–H and O–H groups in total. The number of hydrogen-bond acceptors (Lipinski definition) is 9. The highest BCUT2D eigenvalue weighted by Gasteiger charge is 2.24. The number of benzene rings is 2. The summed E-state index contributed by atoms with van der Waals surface area (Å²) in [5.74, 6) is -0.540. The number of aromatic nitrogens is 5. The fraction of sp³-hybridized carbons (Fsp3) is 0.100. The highest BCUT2D eigenvalue weighted by atomic mass is 32.2. The van der Waals surface area contributed by atoms with Crippen LogP contribution in [0.5, 0.6) is 0 Å². The molecule has 0 saturated carbocycles. The molecule has 12 heteroatoms. The van der Waals surface area contributed by atoms with Crippen LogP contribution in [0, 0.1) is 12.7 Å². The number of carbonyl (C=O) groups is 1. The first-order valence-corrected chi connectivity index (χ1v) is 10.3. The van der Waals surface area contributed by atoms with Crippen molar-refractivity contribution in [2.45, 2.75) is 17.6 Å². The normalized spacial score (nSPS) is 11.2. The molecule has 0 aliphatic heterocycles. The summed E-state index contributed by atoms with van der Waals surface area (Å²) in [6, 6.07) is 13.7. The van der Waals surface area contributed by atoms with Gasteiger partial charge in [-0.25, -0.2) is 14.4 Å². The quantitative estimate of drug-likeness (QED) is 0.248. The van der Waals surface area contributed by atoms with Crippen molar-refractivity contribution in [2.24, 2.45) is 5.10 Å². The van der Waals surface area contributed by atoms with E-state index in [1.54, 1.807) is 12.1 Å². The molecule has 0 spiro atoms. The van der Waals surface area contributed by atoms with E-state index in [0.717, 1.165) is 10.5 Å². The maximum atomic E-state index is 13.3. The largest absolute Gasteiger partial charge is 0.378 e. The predicted molar refractivity (Wildman–Crippen MR) is 116 cm³/mol. The fourth-order valence-electron chi connectivity index (χ4n) is 2.71. The number of hydrogen-bond donors (Lipinski definition) is 2. The minimum atomic E-state index is -0.599. The zero-order valence-electron chi connectivity index (χ0n) is 16.8. The van der Waals surface area contributed by atoms with Crippen LogP contribution in [-0.4, -0.2) is 37.4 Å². The Labute approximate surface area is 185 Å². The monoisotopic (exact) mass is 452 g/mol. The number of halogens is 1. The topological polar surface area (TPSA) is 137 Å². The van der Waals surface area contributed by atoms with Gasteiger partial charge >= 0.3 is 0 Å². The van der Waals surface area contributed by atoms with Gasteiger partial charge in [0.1, 0.15) is 5.82 Å². The molecular weight excluding hydrogens is 435 g/mol. The lowest BCUT2D eigenvalue weighted by atomic mass is 10.2. The van der Waals surface area contributed by atoms with Crippen molar-refractivity contribution in [2.75, 3.05) is 5.73 Å². The van der Waals surface area contributed by atoms with E-state index in [2.05, 4.69) is 35.8 Å². The van der Waals surface area contributed by atoms with Crippen LogP contribution in [0.2, 0.25) is 0 Å². The second kappa shape index (κ2) is 9.39. The van der Waals surface area contributed by atoms with Gasteiger partial charge in [-0.2, -0.15) is 9.78 Å². The molecule has 162 valence electrons. The van der Waals surface area contributed by atoms with Crippen LogP contribution in [0.25, 0.3) is 5.82 Å². The van der Waals surface area contributed by atoms with Gasteiger partial charge in [-0.15, -0.1) is 16.9 Å². The number of anilines is 1. The van der Waals surface area contributed by atoms with Crippen LogP contribution >= 0.6 is 11.8 Å². The van der Waals surface area contributed by atoms with Gasteiger partial charge in [0.2, 0.25) is 11.6 Å². The molecule has 0 fully saturated rings. The van der Waals surface area contributed by atoms with Crippen molar-refractivity contribution in [1.29, 1.82) is 0 Å². The highest BCUT2D eigenvalue weighted by Crippen LogP contribution is 2.26. The Balaban J connectivity index is 1.57. The molecule has 0 atom stereocenters. The number of amides is 1. The zero-order valence-corrected chi connectivity index (χ0v) is 17.6. The number of rotatable bonds is 7. The molecular formula is C20H17FN8O2S. The molecule has 2 aromatic heterocycles. The highest BCUT2D eigenvalue weighted by molar-refractivity contribution is 7.98. The summed E-state index contributed by atoms with van der Waals surface area (Å²) < 4.78 is 19.2.